The van der Waals surface area contributed by atoms with Gasteiger partial charge in [0.1, 0.15) is 11.5 Å². The summed E-state index contributed by atoms with van der Waals surface area (Å²) < 4.78 is 35.1. The van der Waals surface area contributed by atoms with Crippen molar-refractivity contribution in [1.29, 1.82) is 0 Å². The summed E-state index contributed by atoms with van der Waals surface area (Å²) in [6, 6.07) is 17.6. The molecule has 0 amide bonds. The molecule has 0 radical (unpaired) electrons. The second kappa shape index (κ2) is 8.09. The number of methoxy groups -OCH3 is 1. The van der Waals surface area contributed by atoms with E-state index in [4.69, 9.17) is 9.47 Å². The first-order chi connectivity index (χ1) is 13.0. The van der Waals surface area contributed by atoms with Gasteiger partial charge in [-0.25, -0.2) is 4.83 Å². The average molecular weight is 384 g/mol. The van der Waals surface area contributed by atoms with E-state index in [0.717, 1.165) is 22.1 Å². The summed E-state index contributed by atoms with van der Waals surface area (Å²) in [7, 11) is -2.11. The highest BCUT2D eigenvalue weighted by Crippen LogP contribution is 2.21. The van der Waals surface area contributed by atoms with Crippen molar-refractivity contribution in [2.75, 3.05) is 13.7 Å². The van der Waals surface area contributed by atoms with Gasteiger partial charge in [0, 0.05) is 0 Å². The van der Waals surface area contributed by atoms with Crippen LogP contribution in [0.5, 0.6) is 11.5 Å². The fourth-order valence-corrected chi connectivity index (χ4v) is 3.35. The van der Waals surface area contributed by atoms with Crippen molar-refractivity contribution in [3.05, 3.63) is 66.2 Å². The number of rotatable bonds is 7. The molecule has 0 spiro atoms. The maximum atomic E-state index is 12.3. The molecule has 3 aromatic rings. The Morgan fingerprint density at radius 1 is 0.963 bits per heavy atom. The number of sulfonamides is 1. The number of fused-ring (bicyclic) bond motifs is 1. The van der Waals surface area contributed by atoms with Crippen LogP contribution in [0.2, 0.25) is 0 Å². The third-order valence-corrected chi connectivity index (χ3v) is 5.14. The largest absolute Gasteiger partial charge is 0.497 e. The molecule has 0 heterocycles. The van der Waals surface area contributed by atoms with E-state index >= 15 is 0 Å². The predicted molar refractivity (Wildman–Crippen MR) is 106 cm³/mol. The lowest BCUT2D eigenvalue weighted by atomic mass is 10.1. The fourth-order valence-electron chi connectivity index (χ4n) is 2.55. The number of nitrogens with zero attached hydrogens (tertiary/aromatic N) is 1. The van der Waals surface area contributed by atoms with Gasteiger partial charge in [0.2, 0.25) is 0 Å². The number of ether oxygens (including phenoxy) is 2. The van der Waals surface area contributed by atoms with Crippen LogP contribution < -0.4 is 14.3 Å². The van der Waals surface area contributed by atoms with Crippen LogP contribution in [0.25, 0.3) is 10.8 Å². The van der Waals surface area contributed by atoms with Gasteiger partial charge in [0.05, 0.1) is 24.8 Å². The van der Waals surface area contributed by atoms with Gasteiger partial charge >= 0.3 is 0 Å². The van der Waals surface area contributed by atoms with Crippen molar-refractivity contribution >= 4 is 27.0 Å². The van der Waals surface area contributed by atoms with Gasteiger partial charge in [-0.3, -0.25) is 0 Å². The molecule has 0 saturated heterocycles. The van der Waals surface area contributed by atoms with Crippen LogP contribution in [-0.4, -0.2) is 28.3 Å². The fraction of sp³-hybridized carbons (Fsp3) is 0.150. The Labute approximate surface area is 158 Å². The summed E-state index contributed by atoms with van der Waals surface area (Å²) in [5, 5.41) is 5.91. The lowest BCUT2D eigenvalue weighted by Crippen LogP contribution is -2.18. The molecular weight excluding hydrogens is 364 g/mol. The molecular formula is C20H20N2O4S. The molecule has 6 nitrogen and oxygen atoms in total. The Kier molecular flexibility index (Phi) is 5.61. The predicted octanol–water partition coefficient (Wildman–Crippen LogP) is 3.56. The summed E-state index contributed by atoms with van der Waals surface area (Å²) in [4.78, 5) is 2.34. The second-order valence-electron chi connectivity index (χ2n) is 5.73. The summed E-state index contributed by atoms with van der Waals surface area (Å²) >= 11 is 0. The number of nitrogens with one attached hydrogen (secondary N) is 1. The van der Waals surface area contributed by atoms with Gasteiger partial charge in [-0.2, -0.15) is 13.5 Å². The molecule has 3 rings (SSSR count). The third kappa shape index (κ3) is 4.57. The zero-order valence-electron chi connectivity index (χ0n) is 15.0. The molecule has 140 valence electrons. The van der Waals surface area contributed by atoms with E-state index in [-0.39, 0.29) is 4.90 Å². The molecule has 0 unspecified atom stereocenters. The molecule has 0 fully saturated rings. The van der Waals surface area contributed by atoms with E-state index in [1.807, 2.05) is 43.3 Å². The highest BCUT2D eigenvalue weighted by molar-refractivity contribution is 7.89. The van der Waals surface area contributed by atoms with Crippen LogP contribution in [-0.2, 0) is 10.0 Å². The van der Waals surface area contributed by atoms with E-state index in [0.29, 0.717) is 12.4 Å². The number of hydrogen-bond donors (Lipinski definition) is 1. The average Bonchev–Trinajstić information content (AvgIpc) is 2.68. The first kappa shape index (κ1) is 18.7. The van der Waals surface area contributed by atoms with E-state index < -0.39 is 10.0 Å². The molecule has 0 saturated carbocycles. The minimum atomic E-state index is -3.73. The van der Waals surface area contributed by atoms with Crippen LogP contribution in [0.1, 0.15) is 12.5 Å². The van der Waals surface area contributed by atoms with Crippen LogP contribution in [0, 0.1) is 0 Å². The zero-order chi connectivity index (χ0) is 19.3. The summed E-state index contributed by atoms with van der Waals surface area (Å²) in [5.41, 5.74) is 0.780. The highest BCUT2D eigenvalue weighted by Gasteiger charge is 2.12. The first-order valence-corrected chi connectivity index (χ1v) is 9.85. The molecule has 0 aliphatic heterocycles. The Balaban J connectivity index is 1.72. The van der Waals surface area contributed by atoms with E-state index in [2.05, 4.69) is 9.93 Å². The first-order valence-electron chi connectivity index (χ1n) is 8.37. The minimum absolute atomic E-state index is 0.119. The van der Waals surface area contributed by atoms with Gasteiger partial charge in [0.25, 0.3) is 10.0 Å². The molecule has 7 heteroatoms. The second-order valence-corrected chi connectivity index (χ2v) is 7.39. The van der Waals surface area contributed by atoms with E-state index in [1.54, 1.807) is 19.2 Å². The Bertz CT molecular complexity index is 1060. The lowest BCUT2D eigenvalue weighted by Gasteiger charge is -2.06. The quantitative estimate of drug-likeness (QED) is 0.499. The van der Waals surface area contributed by atoms with Crippen LogP contribution >= 0.6 is 0 Å². The van der Waals surface area contributed by atoms with Crippen LogP contribution in [0.3, 0.4) is 0 Å². The zero-order valence-corrected chi connectivity index (χ0v) is 15.9. The highest BCUT2D eigenvalue weighted by atomic mass is 32.2. The normalized spacial score (nSPS) is 11.6. The maximum absolute atomic E-state index is 12.3. The van der Waals surface area contributed by atoms with Crippen molar-refractivity contribution < 1.29 is 17.9 Å². The molecule has 0 aromatic heterocycles. The SMILES string of the molecule is CCOc1ccc(S(=O)(=O)N/N=C\c2ccc3cc(OC)ccc3c2)cc1. The molecule has 0 aliphatic carbocycles. The van der Waals surface area contributed by atoms with Crippen molar-refractivity contribution in [2.45, 2.75) is 11.8 Å². The minimum Gasteiger partial charge on any atom is -0.497 e. The Morgan fingerprint density at radius 3 is 2.33 bits per heavy atom. The van der Waals surface area contributed by atoms with Gasteiger partial charge in [-0.1, -0.05) is 18.2 Å². The summed E-state index contributed by atoms with van der Waals surface area (Å²) in [5.74, 6) is 1.40. The molecule has 0 atom stereocenters. The van der Waals surface area contributed by atoms with Gasteiger partial charge in [-0.05, 0) is 65.7 Å². The van der Waals surface area contributed by atoms with Crippen molar-refractivity contribution in [3.8, 4) is 11.5 Å². The Hall–Kier alpha value is -3.06. The number of hydrogen-bond acceptors (Lipinski definition) is 5. The molecule has 0 bridgehead atoms. The molecule has 1 N–H and O–H groups in total. The molecule has 0 aliphatic rings. The van der Waals surface area contributed by atoms with Gasteiger partial charge in [0.15, 0.2) is 0 Å². The van der Waals surface area contributed by atoms with Crippen molar-refractivity contribution in [3.63, 3.8) is 0 Å². The maximum Gasteiger partial charge on any atom is 0.276 e. The van der Waals surface area contributed by atoms with E-state index in [1.165, 1.54) is 18.3 Å². The number of hydrazone groups is 1. The van der Waals surface area contributed by atoms with Crippen LogP contribution in [0.4, 0.5) is 0 Å². The summed E-state index contributed by atoms with van der Waals surface area (Å²) in [6.45, 7) is 2.39. The van der Waals surface area contributed by atoms with Gasteiger partial charge in [-0.15, -0.1) is 0 Å². The number of benzene rings is 3. The van der Waals surface area contributed by atoms with Crippen molar-refractivity contribution in [1.82, 2.24) is 4.83 Å². The van der Waals surface area contributed by atoms with Crippen LogP contribution in [0.15, 0.2) is 70.7 Å². The smallest absolute Gasteiger partial charge is 0.276 e. The topological polar surface area (TPSA) is 77.0 Å². The van der Waals surface area contributed by atoms with E-state index in [9.17, 15) is 8.42 Å². The molecule has 27 heavy (non-hydrogen) atoms. The standard InChI is InChI=1S/C20H20N2O4S/c1-3-26-18-8-10-20(11-9-18)27(23,24)22-21-14-15-4-5-17-13-19(25-2)7-6-16(17)12-15/h4-14,22H,3H2,1-2H3/b21-14-. The molecule has 3 aromatic carbocycles. The Morgan fingerprint density at radius 2 is 1.63 bits per heavy atom. The monoisotopic (exact) mass is 384 g/mol. The lowest BCUT2D eigenvalue weighted by molar-refractivity contribution is 0.340. The summed E-state index contributed by atoms with van der Waals surface area (Å²) in [6.07, 6.45) is 1.47. The van der Waals surface area contributed by atoms with Gasteiger partial charge < -0.3 is 9.47 Å². The third-order valence-electron chi connectivity index (χ3n) is 3.90. The van der Waals surface area contributed by atoms with Crippen molar-refractivity contribution in [2.24, 2.45) is 5.10 Å².